The Labute approximate surface area is 153 Å². The van der Waals surface area contributed by atoms with Crippen molar-refractivity contribution < 1.29 is 62.8 Å². The fourth-order valence-electron chi connectivity index (χ4n) is 1.49. The average molecular weight is 448 g/mol. The Hall–Kier alpha value is -1.94. The van der Waals surface area contributed by atoms with E-state index in [9.17, 15) is 53.3 Å². The number of carbonyl (C=O) groups excluding carboxylic acids is 2. The Kier molecular flexibility index (Phi) is 7.63. The maximum absolute atomic E-state index is 13.2. The fourth-order valence-corrected chi connectivity index (χ4v) is 1.95. The van der Waals surface area contributed by atoms with Crippen molar-refractivity contribution in [2.75, 3.05) is 6.61 Å². The van der Waals surface area contributed by atoms with Crippen LogP contribution in [-0.2, 0) is 29.2 Å². The third kappa shape index (κ3) is 5.32. The summed E-state index contributed by atoms with van der Waals surface area (Å²) in [6.07, 6.45) is -9.37. The number of esters is 1. The maximum atomic E-state index is 13.2. The highest BCUT2D eigenvalue weighted by Crippen LogP contribution is 2.42. The number of hydrogen-bond acceptors (Lipinski definition) is 7. The first-order valence-corrected chi connectivity index (χ1v) is 8.24. The van der Waals surface area contributed by atoms with Gasteiger partial charge in [0.05, 0.1) is 6.61 Å². The maximum Gasteiger partial charge on any atom is 0.466 e. The van der Waals surface area contributed by atoms with Crippen LogP contribution in [-0.4, -0.2) is 54.6 Å². The number of halogens is 7. The number of nitrogens with two attached hydrogens (primary N) is 1. The summed E-state index contributed by atoms with van der Waals surface area (Å²) in [6.45, 7) is 2.25. The summed E-state index contributed by atoms with van der Waals surface area (Å²) < 4.78 is 130. The minimum Gasteiger partial charge on any atom is -0.743 e. The Morgan fingerprint density at radius 1 is 1.11 bits per heavy atom. The molecule has 0 heterocycles. The standard InChI is InChI=1S/C12H14F7NO7S/c1-6(2)7(21)27-10(8(20)22,11(15,16)17)26-5-3-4-9(13,14)12(18,19)28(23,24)25/h1,3-5H2,2H3,(H2,20,22)(H,23,24,25)/p-1. The van der Waals surface area contributed by atoms with E-state index < -0.39 is 70.2 Å². The van der Waals surface area contributed by atoms with Crippen LogP contribution in [0.3, 0.4) is 0 Å². The quantitative estimate of drug-likeness (QED) is 0.133. The molecule has 0 aliphatic carbocycles. The smallest absolute Gasteiger partial charge is 0.466 e. The van der Waals surface area contributed by atoms with Crippen LogP contribution in [0.25, 0.3) is 0 Å². The third-order valence-electron chi connectivity index (χ3n) is 2.96. The first-order chi connectivity index (χ1) is 12.2. The molecule has 16 heteroatoms. The number of amides is 1. The Morgan fingerprint density at radius 2 is 1.57 bits per heavy atom. The van der Waals surface area contributed by atoms with Gasteiger partial charge in [-0.15, -0.1) is 0 Å². The van der Waals surface area contributed by atoms with Gasteiger partial charge < -0.3 is 19.8 Å². The third-order valence-corrected chi connectivity index (χ3v) is 3.89. The Balaban J connectivity index is 5.45. The summed E-state index contributed by atoms with van der Waals surface area (Å²) in [5, 5.41) is -6.06. The van der Waals surface area contributed by atoms with E-state index in [0.717, 1.165) is 6.92 Å². The summed E-state index contributed by atoms with van der Waals surface area (Å²) in [5.74, 6) is -14.1. The van der Waals surface area contributed by atoms with Crippen LogP contribution in [0.2, 0.25) is 0 Å². The van der Waals surface area contributed by atoms with Crippen molar-refractivity contribution in [3.8, 4) is 0 Å². The summed E-state index contributed by atoms with van der Waals surface area (Å²) in [7, 11) is -6.80. The number of hydrogen-bond donors (Lipinski definition) is 1. The van der Waals surface area contributed by atoms with Crippen molar-refractivity contribution >= 4 is 22.0 Å². The molecule has 2 N–H and O–H groups in total. The topological polar surface area (TPSA) is 136 Å². The second-order valence-electron chi connectivity index (χ2n) is 5.28. The van der Waals surface area contributed by atoms with Gasteiger partial charge in [0.1, 0.15) is 0 Å². The van der Waals surface area contributed by atoms with E-state index in [1.807, 2.05) is 0 Å². The van der Waals surface area contributed by atoms with E-state index in [-0.39, 0.29) is 0 Å². The van der Waals surface area contributed by atoms with Crippen molar-refractivity contribution in [3.05, 3.63) is 12.2 Å². The largest absolute Gasteiger partial charge is 0.743 e. The second-order valence-corrected chi connectivity index (χ2v) is 6.70. The molecule has 0 radical (unpaired) electrons. The number of rotatable bonds is 10. The molecule has 0 saturated heterocycles. The first-order valence-electron chi connectivity index (χ1n) is 6.83. The van der Waals surface area contributed by atoms with Crippen molar-refractivity contribution in [1.29, 1.82) is 0 Å². The Morgan fingerprint density at radius 3 is 1.89 bits per heavy atom. The zero-order valence-electron chi connectivity index (χ0n) is 13.8. The number of alkyl halides is 7. The molecule has 0 aromatic rings. The molecule has 0 saturated carbocycles. The van der Waals surface area contributed by atoms with E-state index in [4.69, 9.17) is 0 Å². The lowest BCUT2D eigenvalue weighted by molar-refractivity contribution is -0.346. The normalized spacial score (nSPS) is 15.6. The molecule has 0 aliphatic heterocycles. The zero-order chi connectivity index (χ0) is 22.8. The van der Waals surface area contributed by atoms with Gasteiger partial charge in [0.2, 0.25) is 0 Å². The predicted octanol–water partition coefficient (Wildman–Crippen LogP) is 1.42. The minimum absolute atomic E-state index is 0.634. The fraction of sp³-hybridized carbons (Fsp3) is 0.667. The summed E-state index contributed by atoms with van der Waals surface area (Å²) >= 11 is 0. The van der Waals surface area contributed by atoms with Gasteiger partial charge >= 0.3 is 35.0 Å². The lowest BCUT2D eigenvalue weighted by Gasteiger charge is -2.32. The molecular formula is C12H13F7NO7S-. The van der Waals surface area contributed by atoms with Gasteiger partial charge in [0.25, 0.3) is 0 Å². The minimum atomic E-state index is -6.80. The van der Waals surface area contributed by atoms with Crippen molar-refractivity contribution in [3.63, 3.8) is 0 Å². The molecule has 0 rings (SSSR count). The second kappa shape index (κ2) is 8.20. The van der Waals surface area contributed by atoms with Gasteiger partial charge in [0, 0.05) is 12.0 Å². The molecule has 1 amide bonds. The lowest BCUT2D eigenvalue weighted by atomic mass is 10.2. The highest BCUT2D eigenvalue weighted by atomic mass is 32.2. The molecule has 28 heavy (non-hydrogen) atoms. The van der Waals surface area contributed by atoms with Crippen LogP contribution in [0.1, 0.15) is 19.8 Å². The van der Waals surface area contributed by atoms with E-state index in [2.05, 4.69) is 21.8 Å². The Bertz CT molecular complexity index is 735. The molecule has 0 aromatic carbocycles. The molecule has 0 aliphatic rings. The van der Waals surface area contributed by atoms with E-state index >= 15 is 0 Å². The summed E-state index contributed by atoms with van der Waals surface area (Å²) in [6, 6.07) is 0. The molecule has 1 atom stereocenters. The van der Waals surface area contributed by atoms with Crippen LogP contribution in [0.4, 0.5) is 30.7 Å². The number of ether oxygens (including phenoxy) is 2. The SMILES string of the molecule is C=C(C)C(=O)OC(OCCCC(F)(F)C(F)(F)S(=O)(=O)[O-])(C(N)=O)C(F)(F)F. The van der Waals surface area contributed by atoms with Crippen molar-refractivity contribution in [2.24, 2.45) is 5.73 Å². The first kappa shape index (κ1) is 26.1. The van der Waals surface area contributed by atoms with Crippen LogP contribution >= 0.6 is 0 Å². The lowest BCUT2D eigenvalue weighted by Crippen LogP contribution is -2.60. The van der Waals surface area contributed by atoms with E-state index in [1.165, 1.54) is 0 Å². The average Bonchev–Trinajstić information content (AvgIpc) is 2.46. The summed E-state index contributed by atoms with van der Waals surface area (Å²) in [5.41, 5.74) is 3.89. The highest BCUT2D eigenvalue weighted by Gasteiger charge is 2.66. The molecule has 0 aromatic heterocycles. The van der Waals surface area contributed by atoms with Crippen LogP contribution in [0.15, 0.2) is 12.2 Å². The molecule has 164 valence electrons. The number of carbonyl (C=O) groups is 2. The van der Waals surface area contributed by atoms with Gasteiger partial charge in [-0.05, 0) is 13.3 Å². The molecule has 0 bridgehead atoms. The van der Waals surface area contributed by atoms with E-state index in [0.29, 0.717) is 0 Å². The zero-order valence-corrected chi connectivity index (χ0v) is 14.6. The van der Waals surface area contributed by atoms with E-state index in [1.54, 1.807) is 0 Å². The molecule has 0 fully saturated rings. The molecular weight excluding hydrogens is 435 g/mol. The van der Waals surface area contributed by atoms with Crippen LogP contribution < -0.4 is 5.73 Å². The van der Waals surface area contributed by atoms with Crippen LogP contribution in [0, 0.1) is 0 Å². The number of primary amides is 1. The van der Waals surface area contributed by atoms with Crippen LogP contribution in [0.5, 0.6) is 0 Å². The van der Waals surface area contributed by atoms with Gasteiger partial charge in [0.15, 0.2) is 10.1 Å². The van der Waals surface area contributed by atoms with Gasteiger partial charge in [-0.3, -0.25) is 4.79 Å². The van der Waals surface area contributed by atoms with Gasteiger partial charge in [-0.1, -0.05) is 6.58 Å². The van der Waals surface area contributed by atoms with Gasteiger partial charge in [-0.2, -0.15) is 30.7 Å². The van der Waals surface area contributed by atoms with Crippen molar-refractivity contribution in [1.82, 2.24) is 0 Å². The molecule has 1 unspecified atom stereocenters. The van der Waals surface area contributed by atoms with Gasteiger partial charge in [-0.25, -0.2) is 13.2 Å². The monoisotopic (exact) mass is 448 g/mol. The summed E-state index contributed by atoms with van der Waals surface area (Å²) in [4.78, 5) is 22.5. The predicted molar refractivity (Wildman–Crippen MR) is 73.7 cm³/mol. The molecule has 8 nitrogen and oxygen atoms in total. The van der Waals surface area contributed by atoms with Crippen molar-refractivity contribution in [2.45, 2.75) is 42.9 Å². The highest BCUT2D eigenvalue weighted by molar-refractivity contribution is 7.86. The molecule has 0 spiro atoms.